The Bertz CT molecular complexity index is 657. The van der Waals surface area contributed by atoms with Gasteiger partial charge in [0.2, 0.25) is 5.91 Å². The molecule has 2 N–H and O–H groups in total. The number of halogens is 1. The van der Waals surface area contributed by atoms with Gasteiger partial charge in [-0.3, -0.25) is 9.59 Å². The summed E-state index contributed by atoms with van der Waals surface area (Å²) in [6.45, 7) is 1.87. The highest BCUT2D eigenvalue weighted by molar-refractivity contribution is 9.10. The zero-order chi connectivity index (χ0) is 15.2. The number of carbonyl (C=O) groups is 2. The molecular weight excluding hydrogens is 332 g/mol. The third kappa shape index (κ3) is 4.43. The van der Waals surface area contributed by atoms with Crippen molar-refractivity contribution in [3.63, 3.8) is 0 Å². The monoisotopic (exact) mass is 346 g/mol. The van der Waals surface area contributed by atoms with E-state index in [4.69, 9.17) is 0 Å². The molecule has 0 heterocycles. The Labute approximate surface area is 131 Å². The lowest BCUT2D eigenvalue weighted by atomic mass is 10.2. The summed E-state index contributed by atoms with van der Waals surface area (Å²) in [6.07, 6.45) is 0. The van der Waals surface area contributed by atoms with Crippen LogP contribution < -0.4 is 10.6 Å². The van der Waals surface area contributed by atoms with Gasteiger partial charge in [0, 0.05) is 15.7 Å². The molecule has 2 amide bonds. The van der Waals surface area contributed by atoms with Gasteiger partial charge in [0.05, 0.1) is 6.54 Å². The predicted molar refractivity (Wildman–Crippen MR) is 86.3 cm³/mol. The fraction of sp³-hybridized carbons (Fsp3) is 0.125. The summed E-state index contributed by atoms with van der Waals surface area (Å²) >= 11 is 3.40. The Hall–Kier alpha value is -2.14. The molecule has 21 heavy (non-hydrogen) atoms. The summed E-state index contributed by atoms with van der Waals surface area (Å²) in [5.41, 5.74) is 2.26. The molecule has 2 aromatic rings. The second-order valence-corrected chi connectivity index (χ2v) is 5.42. The molecule has 0 saturated heterocycles. The van der Waals surface area contributed by atoms with Crippen LogP contribution in [-0.2, 0) is 4.79 Å². The number of nitrogens with one attached hydrogen (secondary N) is 2. The van der Waals surface area contributed by atoms with E-state index < -0.39 is 0 Å². The molecule has 0 radical (unpaired) electrons. The SMILES string of the molecule is Cc1cc(NC(=O)CNC(=O)c2ccccc2)ccc1Br. The van der Waals surface area contributed by atoms with E-state index in [1.807, 2.05) is 25.1 Å². The fourth-order valence-corrected chi connectivity index (χ4v) is 2.03. The van der Waals surface area contributed by atoms with Gasteiger partial charge in [-0.1, -0.05) is 34.1 Å². The minimum Gasteiger partial charge on any atom is -0.343 e. The summed E-state index contributed by atoms with van der Waals surface area (Å²) in [4.78, 5) is 23.6. The fourth-order valence-electron chi connectivity index (χ4n) is 1.78. The molecule has 0 saturated carbocycles. The van der Waals surface area contributed by atoms with Crippen LogP contribution >= 0.6 is 15.9 Å². The number of carbonyl (C=O) groups excluding carboxylic acids is 2. The van der Waals surface area contributed by atoms with E-state index in [2.05, 4.69) is 26.6 Å². The summed E-state index contributed by atoms with van der Waals surface area (Å²) in [5.74, 6) is -0.529. The number of anilines is 1. The third-order valence-corrected chi connectivity index (χ3v) is 3.78. The maximum Gasteiger partial charge on any atom is 0.251 e. The summed E-state index contributed by atoms with van der Waals surface area (Å²) in [6, 6.07) is 14.3. The van der Waals surface area contributed by atoms with Crippen molar-refractivity contribution < 1.29 is 9.59 Å². The molecule has 0 aliphatic rings. The van der Waals surface area contributed by atoms with Gasteiger partial charge in [0.15, 0.2) is 0 Å². The molecule has 0 aliphatic carbocycles. The van der Waals surface area contributed by atoms with Crippen LogP contribution in [0.1, 0.15) is 15.9 Å². The first-order chi connectivity index (χ1) is 10.1. The molecule has 108 valence electrons. The van der Waals surface area contributed by atoms with Crippen molar-refractivity contribution in [2.24, 2.45) is 0 Å². The van der Waals surface area contributed by atoms with Crippen LogP contribution in [0.4, 0.5) is 5.69 Å². The van der Waals surface area contributed by atoms with Crippen molar-refractivity contribution in [1.29, 1.82) is 0 Å². The van der Waals surface area contributed by atoms with Crippen LogP contribution in [0.5, 0.6) is 0 Å². The molecule has 0 fully saturated rings. The van der Waals surface area contributed by atoms with E-state index in [0.717, 1.165) is 10.0 Å². The molecular formula is C16H15BrN2O2. The molecule has 2 rings (SSSR count). The van der Waals surface area contributed by atoms with Crippen molar-refractivity contribution in [2.45, 2.75) is 6.92 Å². The Balaban J connectivity index is 1.87. The summed E-state index contributed by atoms with van der Waals surface area (Å²) in [5, 5.41) is 5.33. The topological polar surface area (TPSA) is 58.2 Å². The second-order valence-electron chi connectivity index (χ2n) is 4.56. The molecule has 0 unspecified atom stereocenters. The average molecular weight is 347 g/mol. The van der Waals surface area contributed by atoms with Gasteiger partial charge in [-0.05, 0) is 42.8 Å². The minimum atomic E-state index is -0.266. The van der Waals surface area contributed by atoms with Gasteiger partial charge in [-0.15, -0.1) is 0 Å². The summed E-state index contributed by atoms with van der Waals surface area (Å²) in [7, 11) is 0. The van der Waals surface area contributed by atoms with E-state index in [9.17, 15) is 9.59 Å². The smallest absolute Gasteiger partial charge is 0.251 e. The Morgan fingerprint density at radius 3 is 2.48 bits per heavy atom. The van der Waals surface area contributed by atoms with Crippen LogP contribution in [0, 0.1) is 6.92 Å². The van der Waals surface area contributed by atoms with Crippen molar-refractivity contribution in [3.8, 4) is 0 Å². The molecule has 0 aliphatic heterocycles. The third-order valence-electron chi connectivity index (χ3n) is 2.89. The van der Waals surface area contributed by atoms with Crippen LogP contribution in [0.15, 0.2) is 53.0 Å². The highest BCUT2D eigenvalue weighted by Crippen LogP contribution is 2.19. The predicted octanol–water partition coefficient (Wildman–Crippen LogP) is 3.13. The van der Waals surface area contributed by atoms with Gasteiger partial charge in [0.1, 0.15) is 0 Å². The summed E-state index contributed by atoms with van der Waals surface area (Å²) < 4.78 is 0.984. The van der Waals surface area contributed by atoms with Gasteiger partial charge >= 0.3 is 0 Å². The Morgan fingerprint density at radius 2 is 1.81 bits per heavy atom. The molecule has 0 spiro atoms. The first kappa shape index (κ1) is 15.3. The first-order valence-corrected chi connectivity index (χ1v) is 7.25. The normalized spacial score (nSPS) is 10.0. The van der Waals surface area contributed by atoms with Crippen molar-refractivity contribution in [2.75, 3.05) is 11.9 Å². The lowest BCUT2D eigenvalue weighted by Gasteiger charge is -2.08. The van der Waals surface area contributed by atoms with Crippen LogP contribution in [0.25, 0.3) is 0 Å². The van der Waals surface area contributed by atoms with Gasteiger partial charge in [-0.2, -0.15) is 0 Å². The second kappa shape index (κ2) is 7.04. The Morgan fingerprint density at radius 1 is 1.10 bits per heavy atom. The quantitative estimate of drug-likeness (QED) is 0.893. The molecule has 0 bridgehead atoms. The van der Waals surface area contributed by atoms with Gasteiger partial charge in [-0.25, -0.2) is 0 Å². The van der Waals surface area contributed by atoms with Crippen LogP contribution in [0.3, 0.4) is 0 Å². The number of hydrogen-bond donors (Lipinski definition) is 2. The number of aryl methyl sites for hydroxylation is 1. The minimum absolute atomic E-state index is 0.0666. The zero-order valence-electron chi connectivity index (χ0n) is 11.5. The van der Waals surface area contributed by atoms with Gasteiger partial charge in [0.25, 0.3) is 5.91 Å². The maximum absolute atomic E-state index is 11.8. The average Bonchev–Trinajstić information content (AvgIpc) is 2.49. The molecule has 0 atom stereocenters. The van der Waals surface area contributed by atoms with E-state index in [-0.39, 0.29) is 18.4 Å². The van der Waals surface area contributed by atoms with E-state index in [1.165, 1.54) is 0 Å². The van der Waals surface area contributed by atoms with Gasteiger partial charge < -0.3 is 10.6 Å². The molecule has 2 aromatic carbocycles. The highest BCUT2D eigenvalue weighted by Gasteiger charge is 2.08. The van der Waals surface area contributed by atoms with Crippen molar-refractivity contribution in [3.05, 3.63) is 64.1 Å². The van der Waals surface area contributed by atoms with E-state index >= 15 is 0 Å². The van der Waals surface area contributed by atoms with Crippen molar-refractivity contribution >= 4 is 33.4 Å². The number of benzene rings is 2. The molecule has 5 heteroatoms. The standard InChI is InChI=1S/C16H15BrN2O2/c1-11-9-13(7-8-14(11)17)19-15(20)10-18-16(21)12-5-3-2-4-6-12/h2-9H,10H2,1H3,(H,18,21)(H,19,20). The van der Waals surface area contributed by atoms with E-state index in [0.29, 0.717) is 11.3 Å². The first-order valence-electron chi connectivity index (χ1n) is 6.45. The lowest BCUT2D eigenvalue weighted by Crippen LogP contribution is -2.32. The van der Waals surface area contributed by atoms with E-state index in [1.54, 1.807) is 30.3 Å². The highest BCUT2D eigenvalue weighted by atomic mass is 79.9. The lowest BCUT2D eigenvalue weighted by molar-refractivity contribution is -0.115. The Kier molecular flexibility index (Phi) is 5.11. The van der Waals surface area contributed by atoms with Crippen LogP contribution in [-0.4, -0.2) is 18.4 Å². The van der Waals surface area contributed by atoms with Crippen molar-refractivity contribution in [1.82, 2.24) is 5.32 Å². The number of hydrogen-bond acceptors (Lipinski definition) is 2. The largest absolute Gasteiger partial charge is 0.343 e. The van der Waals surface area contributed by atoms with Crippen LogP contribution in [0.2, 0.25) is 0 Å². The molecule has 4 nitrogen and oxygen atoms in total. The maximum atomic E-state index is 11.8. The molecule has 0 aromatic heterocycles. The number of rotatable bonds is 4. The number of amides is 2. The zero-order valence-corrected chi connectivity index (χ0v) is 13.1.